The van der Waals surface area contributed by atoms with Gasteiger partial charge in [-0.25, -0.2) is 0 Å². The van der Waals surface area contributed by atoms with Gasteiger partial charge in [0, 0.05) is 23.9 Å². The molecule has 0 aromatic rings. The van der Waals surface area contributed by atoms with Crippen molar-refractivity contribution in [1.29, 1.82) is 0 Å². The molecular weight excluding hydrogens is 228 g/mol. The Morgan fingerprint density at radius 1 is 1.41 bits per heavy atom. The van der Waals surface area contributed by atoms with E-state index in [1.807, 2.05) is 0 Å². The standard InChI is InChI=1S/C14H28N2S/c1-4-15-13-6-9-16(10-12(13)2)11-14(17-3)7-5-8-14/h12-13,15H,4-11H2,1-3H3. The molecule has 1 saturated carbocycles. The average molecular weight is 256 g/mol. The Bertz CT molecular complexity index is 235. The predicted octanol–water partition coefficient (Wildman–Crippen LogP) is 2.59. The minimum atomic E-state index is 0.616. The van der Waals surface area contributed by atoms with Gasteiger partial charge in [-0.2, -0.15) is 11.8 Å². The van der Waals surface area contributed by atoms with Crippen LogP contribution in [0.5, 0.6) is 0 Å². The molecule has 2 aliphatic rings. The molecule has 0 spiro atoms. The first-order valence-electron chi connectivity index (χ1n) is 7.20. The predicted molar refractivity (Wildman–Crippen MR) is 77.8 cm³/mol. The third kappa shape index (κ3) is 3.18. The summed E-state index contributed by atoms with van der Waals surface area (Å²) >= 11 is 2.11. The molecule has 2 fully saturated rings. The molecule has 1 aliphatic heterocycles. The van der Waals surface area contributed by atoms with Crippen molar-refractivity contribution in [2.75, 3.05) is 32.4 Å². The number of piperidine rings is 1. The van der Waals surface area contributed by atoms with Gasteiger partial charge in [-0.3, -0.25) is 0 Å². The molecule has 17 heavy (non-hydrogen) atoms. The molecule has 1 N–H and O–H groups in total. The molecule has 1 aliphatic carbocycles. The van der Waals surface area contributed by atoms with E-state index in [0.29, 0.717) is 4.75 Å². The summed E-state index contributed by atoms with van der Waals surface area (Å²) in [5.41, 5.74) is 0. The minimum absolute atomic E-state index is 0.616. The molecular formula is C14H28N2S. The van der Waals surface area contributed by atoms with Gasteiger partial charge in [-0.1, -0.05) is 20.3 Å². The summed E-state index contributed by atoms with van der Waals surface area (Å²) in [5, 5.41) is 3.63. The summed E-state index contributed by atoms with van der Waals surface area (Å²) in [7, 11) is 0. The summed E-state index contributed by atoms with van der Waals surface area (Å²) < 4.78 is 0.616. The van der Waals surface area contributed by atoms with E-state index in [1.165, 1.54) is 45.3 Å². The second-order valence-corrected chi connectivity index (χ2v) is 7.18. The molecule has 100 valence electrons. The van der Waals surface area contributed by atoms with Crippen LogP contribution in [-0.2, 0) is 0 Å². The first-order valence-corrected chi connectivity index (χ1v) is 8.42. The zero-order valence-electron chi connectivity index (χ0n) is 11.7. The summed E-state index contributed by atoms with van der Waals surface area (Å²) in [4.78, 5) is 2.72. The van der Waals surface area contributed by atoms with Gasteiger partial charge < -0.3 is 10.2 Å². The van der Waals surface area contributed by atoms with E-state index in [2.05, 4.69) is 42.1 Å². The van der Waals surface area contributed by atoms with E-state index in [4.69, 9.17) is 0 Å². The van der Waals surface area contributed by atoms with Gasteiger partial charge >= 0.3 is 0 Å². The van der Waals surface area contributed by atoms with Gasteiger partial charge in [-0.05, 0) is 44.5 Å². The largest absolute Gasteiger partial charge is 0.314 e. The zero-order chi connectivity index (χ0) is 12.3. The fourth-order valence-corrected chi connectivity index (χ4v) is 4.36. The number of nitrogens with zero attached hydrogens (tertiary/aromatic N) is 1. The van der Waals surface area contributed by atoms with Crippen molar-refractivity contribution >= 4 is 11.8 Å². The Hall–Kier alpha value is 0.270. The van der Waals surface area contributed by atoms with Gasteiger partial charge in [0.1, 0.15) is 0 Å². The van der Waals surface area contributed by atoms with Crippen molar-refractivity contribution in [2.45, 2.75) is 50.3 Å². The Kier molecular flexibility index (Phi) is 4.79. The van der Waals surface area contributed by atoms with Crippen molar-refractivity contribution in [1.82, 2.24) is 10.2 Å². The highest BCUT2D eigenvalue weighted by atomic mass is 32.2. The molecule has 0 radical (unpaired) electrons. The number of nitrogens with one attached hydrogen (secondary N) is 1. The SMILES string of the molecule is CCNC1CCN(CC2(SC)CCC2)CC1C. The Labute approximate surface area is 111 Å². The van der Waals surface area contributed by atoms with E-state index in [1.54, 1.807) is 0 Å². The van der Waals surface area contributed by atoms with Crippen LogP contribution < -0.4 is 5.32 Å². The van der Waals surface area contributed by atoms with Crippen LogP contribution in [0.4, 0.5) is 0 Å². The van der Waals surface area contributed by atoms with Gasteiger partial charge in [-0.15, -0.1) is 0 Å². The fourth-order valence-electron chi connectivity index (χ4n) is 3.35. The molecule has 1 heterocycles. The third-order valence-electron chi connectivity index (χ3n) is 4.67. The summed E-state index contributed by atoms with van der Waals surface area (Å²) in [5.74, 6) is 0.808. The van der Waals surface area contributed by atoms with Gasteiger partial charge in [0.25, 0.3) is 0 Å². The Morgan fingerprint density at radius 2 is 2.18 bits per heavy atom. The van der Waals surface area contributed by atoms with Crippen LogP contribution in [-0.4, -0.2) is 48.1 Å². The number of rotatable bonds is 5. The smallest absolute Gasteiger partial charge is 0.0284 e. The molecule has 2 atom stereocenters. The van der Waals surface area contributed by atoms with Crippen molar-refractivity contribution in [3.05, 3.63) is 0 Å². The number of hydrogen-bond acceptors (Lipinski definition) is 3. The van der Waals surface area contributed by atoms with E-state index in [9.17, 15) is 0 Å². The molecule has 2 nitrogen and oxygen atoms in total. The lowest BCUT2D eigenvalue weighted by Crippen LogP contribution is -2.53. The number of hydrogen-bond donors (Lipinski definition) is 1. The van der Waals surface area contributed by atoms with E-state index >= 15 is 0 Å². The topological polar surface area (TPSA) is 15.3 Å². The molecule has 2 rings (SSSR count). The first kappa shape index (κ1) is 13.7. The summed E-state index contributed by atoms with van der Waals surface area (Å²) in [6.45, 7) is 9.66. The van der Waals surface area contributed by atoms with E-state index < -0.39 is 0 Å². The van der Waals surface area contributed by atoms with Crippen LogP contribution in [0.25, 0.3) is 0 Å². The normalized spacial score (nSPS) is 33.4. The summed E-state index contributed by atoms with van der Waals surface area (Å²) in [6.07, 6.45) is 7.96. The first-order chi connectivity index (χ1) is 8.19. The highest BCUT2D eigenvalue weighted by molar-refractivity contribution is 8.00. The maximum absolute atomic E-state index is 3.63. The number of likely N-dealkylation sites (tertiary alicyclic amines) is 1. The zero-order valence-corrected chi connectivity index (χ0v) is 12.5. The van der Waals surface area contributed by atoms with Crippen LogP contribution in [0, 0.1) is 5.92 Å². The van der Waals surface area contributed by atoms with Gasteiger partial charge in [0.2, 0.25) is 0 Å². The fraction of sp³-hybridized carbons (Fsp3) is 1.00. The molecule has 0 bridgehead atoms. The van der Waals surface area contributed by atoms with Crippen molar-refractivity contribution in [3.63, 3.8) is 0 Å². The lowest BCUT2D eigenvalue weighted by Gasteiger charge is -2.47. The lowest BCUT2D eigenvalue weighted by atomic mass is 9.82. The lowest BCUT2D eigenvalue weighted by molar-refractivity contribution is 0.120. The molecule has 3 heteroatoms. The Balaban J connectivity index is 1.80. The van der Waals surface area contributed by atoms with E-state index in [-0.39, 0.29) is 0 Å². The van der Waals surface area contributed by atoms with Crippen LogP contribution in [0.1, 0.15) is 39.5 Å². The number of thioether (sulfide) groups is 1. The van der Waals surface area contributed by atoms with Gasteiger partial charge in [0.05, 0.1) is 0 Å². The molecule has 1 saturated heterocycles. The van der Waals surface area contributed by atoms with Crippen molar-refractivity contribution in [2.24, 2.45) is 5.92 Å². The van der Waals surface area contributed by atoms with Crippen LogP contribution in [0.3, 0.4) is 0 Å². The second-order valence-electron chi connectivity index (χ2n) is 5.91. The average Bonchev–Trinajstić information content (AvgIpc) is 2.27. The van der Waals surface area contributed by atoms with Crippen LogP contribution in [0.15, 0.2) is 0 Å². The highest BCUT2D eigenvalue weighted by Gasteiger charge is 2.39. The van der Waals surface area contributed by atoms with Crippen LogP contribution in [0.2, 0.25) is 0 Å². The maximum Gasteiger partial charge on any atom is 0.0284 e. The third-order valence-corrected chi connectivity index (χ3v) is 6.07. The minimum Gasteiger partial charge on any atom is -0.314 e. The van der Waals surface area contributed by atoms with Crippen molar-refractivity contribution < 1.29 is 0 Å². The Morgan fingerprint density at radius 3 is 2.65 bits per heavy atom. The molecule has 2 unspecified atom stereocenters. The van der Waals surface area contributed by atoms with Crippen molar-refractivity contribution in [3.8, 4) is 0 Å². The monoisotopic (exact) mass is 256 g/mol. The molecule has 0 amide bonds. The molecule has 0 aromatic carbocycles. The highest BCUT2D eigenvalue weighted by Crippen LogP contribution is 2.43. The summed E-state index contributed by atoms with van der Waals surface area (Å²) in [6, 6.07) is 0.753. The molecule has 0 aromatic heterocycles. The van der Waals surface area contributed by atoms with E-state index in [0.717, 1.165) is 18.5 Å². The quantitative estimate of drug-likeness (QED) is 0.814. The second kappa shape index (κ2) is 5.94. The maximum atomic E-state index is 3.63. The van der Waals surface area contributed by atoms with Crippen LogP contribution >= 0.6 is 11.8 Å². The van der Waals surface area contributed by atoms with Gasteiger partial charge in [0.15, 0.2) is 0 Å².